The highest BCUT2D eigenvalue weighted by atomic mass is 19.4. The van der Waals surface area contributed by atoms with Crippen molar-refractivity contribution in [2.24, 2.45) is 13.0 Å². The Kier molecular flexibility index (Phi) is 5.30. The van der Waals surface area contributed by atoms with Crippen LogP contribution in [-0.4, -0.2) is 40.5 Å². The van der Waals surface area contributed by atoms with Gasteiger partial charge in [-0.25, -0.2) is 0 Å². The largest absolute Gasteiger partial charge is 0.471 e. The molecule has 1 aromatic rings. The number of halogens is 3. The summed E-state index contributed by atoms with van der Waals surface area (Å²) in [5.74, 6) is -2.65. The van der Waals surface area contributed by atoms with Crippen molar-refractivity contribution in [3.8, 4) is 0 Å². The summed E-state index contributed by atoms with van der Waals surface area (Å²) in [6.07, 6.45) is -2.95. The highest BCUT2D eigenvalue weighted by Gasteiger charge is 2.43. The van der Waals surface area contributed by atoms with E-state index < -0.39 is 18.0 Å². The van der Waals surface area contributed by atoms with Crippen LogP contribution in [0.15, 0.2) is 23.1 Å². The van der Waals surface area contributed by atoms with Gasteiger partial charge in [0.05, 0.1) is 0 Å². The van der Waals surface area contributed by atoms with E-state index in [1.165, 1.54) is 4.57 Å². The van der Waals surface area contributed by atoms with Crippen LogP contribution in [0.4, 0.5) is 13.2 Å². The van der Waals surface area contributed by atoms with Crippen LogP contribution < -0.4 is 10.9 Å². The van der Waals surface area contributed by atoms with Gasteiger partial charge in [-0.05, 0) is 18.9 Å². The van der Waals surface area contributed by atoms with E-state index in [-0.39, 0.29) is 43.9 Å². The lowest BCUT2D eigenvalue weighted by molar-refractivity contribution is -0.186. The molecule has 0 aromatic carbocycles. The van der Waals surface area contributed by atoms with Crippen molar-refractivity contribution >= 4 is 11.8 Å². The van der Waals surface area contributed by atoms with E-state index in [0.717, 1.165) is 4.90 Å². The molecular formula is C15H18F3N3O3. The Labute approximate surface area is 136 Å². The molecule has 0 saturated carbocycles. The van der Waals surface area contributed by atoms with Crippen LogP contribution in [-0.2, 0) is 23.2 Å². The number of rotatable bonds is 3. The second-order valence-corrected chi connectivity index (χ2v) is 5.73. The summed E-state index contributed by atoms with van der Waals surface area (Å²) in [5, 5.41) is 2.63. The number of aryl methyl sites for hydroxylation is 1. The molecule has 1 saturated heterocycles. The molecule has 6 nitrogen and oxygen atoms in total. The molecule has 1 aromatic heterocycles. The maximum atomic E-state index is 12.4. The van der Waals surface area contributed by atoms with Crippen molar-refractivity contribution in [1.82, 2.24) is 14.8 Å². The third-order valence-corrected chi connectivity index (χ3v) is 4.05. The normalized spacial score (nSPS) is 16.1. The van der Waals surface area contributed by atoms with Gasteiger partial charge in [0.1, 0.15) is 0 Å². The minimum atomic E-state index is -4.89. The van der Waals surface area contributed by atoms with E-state index in [0.29, 0.717) is 5.56 Å². The molecule has 2 heterocycles. The van der Waals surface area contributed by atoms with Crippen LogP contribution in [0.5, 0.6) is 0 Å². The maximum absolute atomic E-state index is 12.4. The van der Waals surface area contributed by atoms with Gasteiger partial charge in [-0.1, -0.05) is 6.07 Å². The van der Waals surface area contributed by atoms with Crippen LogP contribution in [0.2, 0.25) is 0 Å². The van der Waals surface area contributed by atoms with Gasteiger partial charge < -0.3 is 14.8 Å². The summed E-state index contributed by atoms with van der Waals surface area (Å²) < 4.78 is 38.5. The monoisotopic (exact) mass is 345 g/mol. The van der Waals surface area contributed by atoms with E-state index >= 15 is 0 Å². The number of hydrogen-bond donors (Lipinski definition) is 1. The lowest BCUT2D eigenvalue weighted by atomic mass is 9.95. The number of alkyl halides is 3. The Hall–Kier alpha value is -2.32. The van der Waals surface area contributed by atoms with Crippen LogP contribution in [0, 0.1) is 5.92 Å². The van der Waals surface area contributed by atoms with Crippen LogP contribution in [0.3, 0.4) is 0 Å². The molecule has 24 heavy (non-hydrogen) atoms. The summed E-state index contributed by atoms with van der Waals surface area (Å²) in [6, 6.07) is 3.29. The van der Waals surface area contributed by atoms with Crippen molar-refractivity contribution in [1.29, 1.82) is 0 Å². The Bertz CT molecular complexity index is 677. The first-order chi connectivity index (χ1) is 11.2. The van der Waals surface area contributed by atoms with Crippen molar-refractivity contribution in [2.45, 2.75) is 25.6 Å². The number of pyridine rings is 1. The first-order valence-electron chi connectivity index (χ1n) is 7.48. The molecule has 0 bridgehead atoms. The Morgan fingerprint density at radius 1 is 1.29 bits per heavy atom. The van der Waals surface area contributed by atoms with Gasteiger partial charge in [0.15, 0.2) is 0 Å². The van der Waals surface area contributed by atoms with E-state index in [9.17, 15) is 27.6 Å². The van der Waals surface area contributed by atoms with Gasteiger partial charge in [-0.2, -0.15) is 13.2 Å². The lowest BCUT2D eigenvalue weighted by Crippen LogP contribution is -2.47. The number of nitrogens with zero attached hydrogens (tertiary/aromatic N) is 2. The lowest BCUT2D eigenvalue weighted by Gasteiger charge is -2.31. The number of carbonyl (C=O) groups is 2. The Morgan fingerprint density at radius 2 is 1.92 bits per heavy atom. The summed E-state index contributed by atoms with van der Waals surface area (Å²) >= 11 is 0. The fourth-order valence-corrected chi connectivity index (χ4v) is 2.64. The van der Waals surface area contributed by atoms with E-state index in [4.69, 9.17) is 0 Å². The third kappa shape index (κ3) is 4.15. The van der Waals surface area contributed by atoms with Crippen molar-refractivity contribution in [3.05, 3.63) is 34.2 Å². The number of hydrogen-bond acceptors (Lipinski definition) is 3. The zero-order chi connectivity index (χ0) is 17.9. The first kappa shape index (κ1) is 18.0. The molecule has 0 aliphatic carbocycles. The molecule has 2 rings (SSSR count). The van der Waals surface area contributed by atoms with Gasteiger partial charge in [-0.3, -0.25) is 14.4 Å². The second kappa shape index (κ2) is 7.06. The van der Waals surface area contributed by atoms with Gasteiger partial charge in [0.2, 0.25) is 5.91 Å². The molecule has 9 heteroatoms. The van der Waals surface area contributed by atoms with Gasteiger partial charge in [-0.15, -0.1) is 0 Å². The molecule has 1 aliphatic heterocycles. The average molecular weight is 345 g/mol. The smallest absolute Gasteiger partial charge is 0.352 e. The highest BCUT2D eigenvalue weighted by molar-refractivity contribution is 5.83. The maximum Gasteiger partial charge on any atom is 0.471 e. The highest BCUT2D eigenvalue weighted by Crippen LogP contribution is 2.23. The van der Waals surface area contributed by atoms with Crippen molar-refractivity contribution in [3.63, 3.8) is 0 Å². The zero-order valence-corrected chi connectivity index (χ0v) is 13.1. The first-order valence-corrected chi connectivity index (χ1v) is 7.48. The van der Waals surface area contributed by atoms with Crippen molar-refractivity contribution < 1.29 is 22.8 Å². The minimum absolute atomic E-state index is 0.0635. The third-order valence-electron chi connectivity index (χ3n) is 4.05. The van der Waals surface area contributed by atoms with Gasteiger partial charge in [0.25, 0.3) is 5.56 Å². The predicted molar refractivity (Wildman–Crippen MR) is 78.9 cm³/mol. The fourth-order valence-electron chi connectivity index (χ4n) is 2.64. The Balaban J connectivity index is 1.86. The number of carbonyl (C=O) groups excluding carboxylic acids is 2. The zero-order valence-electron chi connectivity index (χ0n) is 13.1. The summed E-state index contributed by atoms with van der Waals surface area (Å²) in [4.78, 5) is 35.8. The second-order valence-electron chi connectivity index (χ2n) is 5.73. The van der Waals surface area contributed by atoms with Crippen LogP contribution in [0.25, 0.3) is 0 Å². The number of nitrogens with one attached hydrogen (secondary N) is 1. The number of aromatic nitrogens is 1. The van der Waals surface area contributed by atoms with E-state index in [1.807, 2.05) is 0 Å². The molecule has 1 aliphatic rings. The topological polar surface area (TPSA) is 71.4 Å². The molecule has 0 unspecified atom stereocenters. The number of likely N-dealkylation sites (tertiary alicyclic amines) is 1. The Morgan fingerprint density at radius 3 is 2.50 bits per heavy atom. The summed E-state index contributed by atoms with van der Waals surface area (Å²) in [5.41, 5.74) is 0.210. The van der Waals surface area contributed by atoms with Crippen LogP contribution >= 0.6 is 0 Å². The van der Waals surface area contributed by atoms with Crippen molar-refractivity contribution in [2.75, 3.05) is 13.1 Å². The molecular weight excluding hydrogens is 327 g/mol. The molecule has 1 N–H and O–H groups in total. The van der Waals surface area contributed by atoms with E-state index in [1.54, 1.807) is 25.4 Å². The molecule has 0 atom stereocenters. The number of piperidine rings is 1. The minimum Gasteiger partial charge on any atom is -0.352 e. The van der Waals surface area contributed by atoms with Gasteiger partial charge in [0, 0.05) is 44.4 Å². The fraction of sp³-hybridized carbons (Fsp3) is 0.533. The van der Waals surface area contributed by atoms with Crippen LogP contribution in [0.1, 0.15) is 18.4 Å². The predicted octanol–water partition coefficient (Wildman–Crippen LogP) is 0.802. The SMILES string of the molecule is Cn1cccc(CNC(=O)C2CCN(C(=O)C(F)(F)F)CC2)c1=O. The summed E-state index contributed by atoms with van der Waals surface area (Å²) in [6.45, 7) is -0.152. The van der Waals surface area contributed by atoms with Gasteiger partial charge >= 0.3 is 12.1 Å². The summed E-state index contributed by atoms with van der Waals surface area (Å²) in [7, 11) is 1.60. The quantitative estimate of drug-likeness (QED) is 0.881. The van der Waals surface area contributed by atoms with E-state index in [2.05, 4.69) is 5.32 Å². The molecule has 2 amide bonds. The molecule has 132 valence electrons. The number of amides is 2. The standard InChI is InChI=1S/C15H18F3N3O3/c1-20-6-2-3-11(13(20)23)9-19-12(22)10-4-7-21(8-5-10)14(24)15(16,17)18/h2-3,6,10H,4-5,7-9H2,1H3,(H,19,22). The molecule has 0 spiro atoms. The molecule has 1 fully saturated rings. The average Bonchev–Trinajstić information content (AvgIpc) is 2.54. The molecule has 0 radical (unpaired) electrons.